The fourth-order valence-corrected chi connectivity index (χ4v) is 4.35. The van der Waals surface area contributed by atoms with Crippen LogP contribution < -0.4 is 19.8 Å². The summed E-state index contributed by atoms with van der Waals surface area (Å²) in [6, 6.07) is 18.8. The smallest absolute Gasteiger partial charge is 0.271 e. The summed E-state index contributed by atoms with van der Waals surface area (Å²) in [6.07, 6.45) is 4.01. The Bertz CT molecular complexity index is 1180. The third-order valence-corrected chi connectivity index (χ3v) is 6.58. The Labute approximate surface area is 219 Å². The molecule has 3 aromatic carbocycles. The van der Waals surface area contributed by atoms with Crippen LogP contribution >= 0.6 is 27.5 Å². The van der Waals surface area contributed by atoms with E-state index in [0.717, 1.165) is 34.4 Å². The lowest BCUT2D eigenvalue weighted by Gasteiger charge is -2.17. The number of rotatable bonds is 9. The van der Waals surface area contributed by atoms with Crippen molar-refractivity contribution in [3.8, 4) is 11.5 Å². The molecule has 0 aliphatic carbocycles. The molecular weight excluding hydrogens is 530 g/mol. The van der Waals surface area contributed by atoms with Crippen LogP contribution in [0, 0.1) is 0 Å². The van der Waals surface area contributed by atoms with Crippen molar-refractivity contribution in [2.45, 2.75) is 26.4 Å². The summed E-state index contributed by atoms with van der Waals surface area (Å²) in [4.78, 5) is 14.8. The number of amides is 1. The summed E-state index contributed by atoms with van der Waals surface area (Å²) in [6.45, 7) is 4.91. The highest BCUT2D eigenvalue weighted by Crippen LogP contribution is 2.34. The fraction of sp³-hybridized carbons (Fsp3) is 0.259. The van der Waals surface area contributed by atoms with Gasteiger partial charge in [-0.25, -0.2) is 5.43 Å². The maximum absolute atomic E-state index is 12.5. The molecule has 0 radical (unpaired) electrons. The van der Waals surface area contributed by atoms with Crippen LogP contribution in [0.15, 0.2) is 70.2 Å². The van der Waals surface area contributed by atoms with Gasteiger partial charge in [0.15, 0.2) is 11.5 Å². The molecule has 6 nitrogen and oxygen atoms in total. The van der Waals surface area contributed by atoms with Gasteiger partial charge >= 0.3 is 0 Å². The van der Waals surface area contributed by atoms with Crippen molar-refractivity contribution in [3.05, 3.63) is 86.8 Å². The van der Waals surface area contributed by atoms with Crippen molar-refractivity contribution in [1.82, 2.24) is 5.43 Å². The van der Waals surface area contributed by atoms with E-state index in [-0.39, 0.29) is 5.91 Å². The van der Waals surface area contributed by atoms with Crippen molar-refractivity contribution in [3.63, 3.8) is 0 Å². The number of hydrazone groups is 1. The summed E-state index contributed by atoms with van der Waals surface area (Å²) in [5.74, 6) is 0.932. The molecule has 0 atom stereocenters. The fourth-order valence-electron chi connectivity index (χ4n) is 3.80. The first-order chi connectivity index (χ1) is 17.0. The molecule has 1 heterocycles. The first-order valence-corrected chi connectivity index (χ1v) is 12.7. The molecule has 0 bridgehead atoms. The van der Waals surface area contributed by atoms with Crippen LogP contribution in [0.3, 0.4) is 0 Å². The van der Waals surface area contributed by atoms with Gasteiger partial charge in [-0.3, -0.25) is 4.79 Å². The molecule has 8 heteroatoms. The van der Waals surface area contributed by atoms with Gasteiger partial charge in [-0.1, -0.05) is 23.7 Å². The van der Waals surface area contributed by atoms with E-state index in [9.17, 15) is 4.79 Å². The van der Waals surface area contributed by atoms with Crippen LogP contribution in [0.1, 0.15) is 41.3 Å². The zero-order chi connectivity index (χ0) is 24.6. The number of anilines is 1. The predicted octanol–water partition coefficient (Wildman–Crippen LogP) is 6.44. The average Bonchev–Trinajstić information content (AvgIpc) is 3.41. The molecule has 1 aliphatic rings. The van der Waals surface area contributed by atoms with E-state index in [0.29, 0.717) is 35.3 Å². The molecule has 1 aliphatic heterocycles. The van der Waals surface area contributed by atoms with Gasteiger partial charge < -0.3 is 14.4 Å². The predicted molar refractivity (Wildman–Crippen MR) is 144 cm³/mol. The van der Waals surface area contributed by atoms with E-state index in [1.807, 2.05) is 67.6 Å². The highest BCUT2D eigenvalue weighted by Gasteiger charge is 2.13. The van der Waals surface area contributed by atoms with Gasteiger partial charge in [0.05, 0.1) is 12.8 Å². The highest BCUT2D eigenvalue weighted by atomic mass is 79.9. The van der Waals surface area contributed by atoms with Crippen molar-refractivity contribution in [2.24, 2.45) is 5.10 Å². The number of carbonyl (C=O) groups is 1. The number of ether oxygens (including phenoxy) is 2. The van der Waals surface area contributed by atoms with Crippen LogP contribution in [0.2, 0.25) is 5.02 Å². The third-order valence-electron chi connectivity index (χ3n) is 5.64. The summed E-state index contributed by atoms with van der Waals surface area (Å²) < 4.78 is 12.5. The Hall–Kier alpha value is -3.03. The van der Waals surface area contributed by atoms with Crippen molar-refractivity contribution < 1.29 is 14.3 Å². The quantitative estimate of drug-likeness (QED) is 0.243. The Balaban J connectivity index is 1.40. The summed E-state index contributed by atoms with van der Waals surface area (Å²) in [7, 11) is 0. The Morgan fingerprint density at radius 3 is 2.43 bits per heavy atom. The number of hydrogen-bond donors (Lipinski definition) is 1. The van der Waals surface area contributed by atoms with E-state index in [4.69, 9.17) is 21.1 Å². The number of benzene rings is 3. The SMILES string of the molecule is CCOc1cc(/C=N\NC(=O)c2ccc(N3CCCC3)cc2)c(Br)cc1OCc1ccc(Cl)cc1. The van der Waals surface area contributed by atoms with Crippen molar-refractivity contribution >= 4 is 45.3 Å². The second kappa shape index (κ2) is 12.1. The van der Waals surface area contributed by atoms with Gasteiger partial charge in [-0.05, 0) is 89.8 Å². The lowest BCUT2D eigenvalue weighted by Crippen LogP contribution is -2.19. The zero-order valence-electron chi connectivity index (χ0n) is 19.5. The van der Waals surface area contributed by atoms with Gasteiger partial charge in [0.2, 0.25) is 0 Å². The van der Waals surface area contributed by atoms with Crippen molar-refractivity contribution in [2.75, 3.05) is 24.6 Å². The van der Waals surface area contributed by atoms with Crippen molar-refractivity contribution in [1.29, 1.82) is 0 Å². The second-order valence-electron chi connectivity index (χ2n) is 8.11. The Kier molecular flexibility index (Phi) is 8.66. The van der Waals surface area contributed by atoms with E-state index < -0.39 is 0 Å². The topological polar surface area (TPSA) is 63.2 Å². The molecule has 182 valence electrons. The van der Waals surface area contributed by atoms with Crippen LogP contribution in [-0.2, 0) is 6.61 Å². The van der Waals surface area contributed by atoms with Crippen LogP contribution in [-0.4, -0.2) is 31.8 Å². The molecule has 35 heavy (non-hydrogen) atoms. The maximum Gasteiger partial charge on any atom is 0.271 e. The van der Waals surface area contributed by atoms with Crippen LogP contribution in [0.25, 0.3) is 0 Å². The van der Waals surface area contributed by atoms with E-state index >= 15 is 0 Å². The van der Waals surface area contributed by atoms with E-state index in [2.05, 4.69) is 31.4 Å². The Morgan fingerprint density at radius 2 is 1.74 bits per heavy atom. The average molecular weight is 557 g/mol. The normalized spacial score (nSPS) is 13.3. The lowest BCUT2D eigenvalue weighted by atomic mass is 10.2. The number of hydrogen-bond acceptors (Lipinski definition) is 5. The largest absolute Gasteiger partial charge is 0.490 e. The molecule has 4 rings (SSSR count). The molecule has 1 fully saturated rings. The molecule has 1 N–H and O–H groups in total. The van der Waals surface area contributed by atoms with Crippen LogP contribution in [0.5, 0.6) is 11.5 Å². The molecule has 0 spiro atoms. The van der Waals surface area contributed by atoms with E-state index in [1.165, 1.54) is 12.8 Å². The molecule has 3 aromatic rings. The molecule has 0 aromatic heterocycles. The number of halogens is 2. The van der Waals surface area contributed by atoms with Gasteiger partial charge in [0, 0.05) is 39.4 Å². The van der Waals surface area contributed by atoms with Gasteiger partial charge in [-0.2, -0.15) is 5.10 Å². The molecule has 0 saturated carbocycles. The minimum absolute atomic E-state index is 0.265. The summed E-state index contributed by atoms with van der Waals surface area (Å²) in [5.41, 5.74) is 6.04. The molecule has 1 saturated heterocycles. The minimum atomic E-state index is -0.265. The number of carbonyl (C=O) groups excluding carboxylic acids is 1. The van der Waals surface area contributed by atoms with E-state index in [1.54, 1.807) is 6.21 Å². The van der Waals surface area contributed by atoms with Gasteiger partial charge in [0.1, 0.15) is 6.61 Å². The van der Waals surface area contributed by atoms with Crippen LogP contribution in [0.4, 0.5) is 5.69 Å². The summed E-state index contributed by atoms with van der Waals surface area (Å²) >= 11 is 9.51. The van der Waals surface area contributed by atoms with Gasteiger partial charge in [-0.15, -0.1) is 0 Å². The molecular formula is C27H27BrClN3O3. The molecule has 0 unspecified atom stereocenters. The minimum Gasteiger partial charge on any atom is -0.490 e. The zero-order valence-corrected chi connectivity index (χ0v) is 21.8. The Morgan fingerprint density at radius 1 is 1.06 bits per heavy atom. The monoisotopic (exact) mass is 555 g/mol. The standard InChI is InChI=1S/C27H27BrClN3O3/c1-2-34-25-15-21(24(28)16-26(25)35-18-19-5-9-22(29)10-6-19)17-30-31-27(33)20-7-11-23(12-8-20)32-13-3-4-14-32/h5-12,15-17H,2-4,13-14,18H2,1H3,(H,31,33)/b30-17-. The third kappa shape index (κ3) is 6.77. The summed E-state index contributed by atoms with van der Waals surface area (Å²) in [5, 5.41) is 4.82. The second-order valence-corrected chi connectivity index (χ2v) is 9.40. The lowest BCUT2D eigenvalue weighted by molar-refractivity contribution is 0.0955. The first kappa shape index (κ1) is 25.1. The first-order valence-electron chi connectivity index (χ1n) is 11.6. The molecule has 1 amide bonds. The highest BCUT2D eigenvalue weighted by molar-refractivity contribution is 9.10. The van der Waals surface area contributed by atoms with Gasteiger partial charge in [0.25, 0.3) is 5.91 Å². The number of nitrogens with one attached hydrogen (secondary N) is 1. The number of nitrogens with zero attached hydrogens (tertiary/aromatic N) is 2. The maximum atomic E-state index is 12.5.